The van der Waals surface area contributed by atoms with Crippen LogP contribution >= 0.6 is 0 Å². The van der Waals surface area contributed by atoms with Gasteiger partial charge in [0.05, 0.1) is 13.7 Å². The third kappa shape index (κ3) is 19.4. The van der Waals surface area contributed by atoms with Crippen molar-refractivity contribution in [2.45, 2.75) is 103 Å². The summed E-state index contributed by atoms with van der Waals surface area (Å²) >= 11 is 0. The minimum atomic E-state index is -0.132. The fourth-order valence-electron chi connectivity index (χ4n) is 3.02. The van der Waals surface area contributed by atoms with Gasteiger partial charge >= 0.3 is 5.97 Å². The Morgan fingerprint density at radius 1 is 0.889 bits per heavy atom. The first-order valence-corrected chi connectivity index (χ1v) is 11.0. The van der Waals surface area contributed by atoms with Gasteiger partial charge in [0.1, 0.15) is 6.61 Å². The van der Waals surface area contributed by atoms with E-state index in [0.29, 0.717) is 39.1 Å². The van der Waals surface area contributed by atoms with E-state index in [4.69, 9.17) is 4.74 Å². The second kappa shape index (κ2) is 19.6. The van der Waals surface area contributed by atoms with Crippen molar-refractivity contribution >= 4 is 11.9 Å². The Bertz CT molecular complexity index is 359. The number of carbonyl (C=O) groups excluding carboxylic acids is 2. The van der Waals surface area contributed by atoms with Gasteiger partial charge in [-0.3, -0.25) is 14.0 Å². The van der Waals surface area contributed by atoms with Crippen LogP contribution in [0.1, 0.15) is 103 Å². The van der Waals surface area contributed by atoms with E-state index < -0.39 is 0 Å². The monoisotopic (exact) mass is 387 g/mol. The van der Waals surface area contributed by atoms with Crippen LogP contribution in [0.15, 0.2) is 0 Å². The van der Waals surface area contributed by atoms with Crippen molar-refractivity contribution in [1.29, 1.82) is 0 Å². The number of ether oxygens (including phenoxy) is 1. The average molecular weight is 388 g/mol. The number of nitrogens with one attached hydrogen (secondary N) is 1. The van der Waals surface area contributed by atoms with Gasteiger partial charge in [-0.25, -0.2) is 0 Å². The molecular formula is C22H42FNO3. The highest BCUT2D eigenvalue weighted by atomic mass is 19.1. The molecular weight excluding hydrogens is 345 g/mol. The Labute approximate surface area is 166 Å². The molecule has 160 valence electrons. The van der Waals surface area contributed by atoms with E-state index >= 15 is 0 Å². The summed E-state index contributed by atoms with van der Waals surface area (Å²) in [5.41, 5.74) is 0. The van der Waals surface area contributed by atoms with Crippen LogP contribution in [0.25, 0.3) is 0 Å². The molecule has 0 aliphatic heterocycles. The van der Waals surface area contributed by atoms with Crippen LogP contribution in [0.5, 0.6) is 0 Å². The number of unbranched alkanes of at least 4 members (excludes halogenated alkanes) is 10. The molecule has 0 aromatic carbocycles. The van der Waals surface area contributed by atoms with Gasteiger partial charge in [-0.05, 0) is 25.2 Å². The van der Waals surface area contributed by atoms with E-state index in [-0.39, 0.29) is 11.9 Å². The molecule has 1 rings (SSSR count). The van der Waals surface area contributed by atoms with Crippen molar-refractivity contribution in [2.75, 3.05) is 20.3 Å². The first-order chi connectivity index (χ1) is 13.2. The Morgan fingerprint density at radius 3 is 1.93 bits per heavy atom. The van der Waals surface area contributed by atoms with E-state index in [9.17, 15) is 14.0 Å². The Morgan fingerprint density at radius 2 is 1.41 bits per heavy atom. The second-order valence-electron chi connectivity index (χ2n) is 7.50. The molecule has 1 saturated carbocycles. The molecule has 27 heavy (non-hydrogen) atoms. The number of rotatable bonds is 17. The summed E-state index contributed by atoms with van der Waals surface area (Å²) in [5, 5.41) is 2.81. The number of carbonyl (C=O) groups is 2. The fourth-order valence-corrected chi connectivity index (χ4v) is 3.02. The molecule has 0 radical (unpaired) electrons. The van der Waals surface area contributed by atoms with Crippen molar-refractivity contribution in [3.63, 3.8) is 0 Å². The molecule has 1 amide bonds. The molecule has 1 N–H and O–H groups in total. The number of hydrogen-bond acceptors (Lipinski definition) is 3. The van der Waals surface area contributed by atoms with Crippen LogP contribution in [-0.4, -0.2) is 32.2 Å². The Balaban J connectivity index is 0.00000326. The van der Waals surface area contributed by atoms with Crippen molar-refractivity contribution in [3.8, 4) is 0 Å². The zero-order valence-electron chi connectivity index (χ0n) is 17.7. The van der Waals surface area contributed by atoms with Crippen molar-refractivity contribution < 1.29 is 18.7 Å². The van der Waals surface area contributed by atoms with Crippen molar-refractivity contribution in [2.24, 2.45) is 5.92 Å². The second-order valence-corrected chi connectivity index (χ2v) is 7.50. The lowest BCUT2D eigenvalue weighted by molar-refractivity contribution is -0.144. The summed E-state index contributed by atoms with van der Waals surface area (Å²) in [7, 11) is 0.500. The lowest BCUT2D eigenvalue weighted by atomic mass is 10.1. The molecule has 0 heterocycles. The minimum absolute atomic E-state index is 0.0870. The van der Waals surface area contributed by atoms with Crippen LogP contribution in [0.2, 0.25) is 0 Å². The lowest BCUT2D eigenvalue weighted by Gasteiger charge is -2.06. The maximum Gasteiger partial charge on any atom is 0.305 e. The number of amides is 1. The van der Waals surface area contributed by atoms with Crippen molar-refractivity contribution in [1.82, 2.24) is 5.32 Å². The molecule has 0 bridgehead atoms. The van der Waals surface area contributed by atoms with E-state index in [1.54, 1.807) is 0 Å². The quantitative estimate of drug-likeness (QED) is 0.256. The standard InChI is InChI=1S/C21H39NO3.CH3F/c1-2-3-4-5-6-7-8-9-10-11-12-13-21(24)25-17-16-22-20(23)18-19-14-15-19;1-2/h19H,2-18H2,1H3,(H,22,23);1H3. The number of hydrogen-bond donors (Lipinski definition) is 1. The largest absolute Gasteiger partial charge is 0.464 e. The highest BCUT2D eigenvalue weighted by molar-refractivity contribution is 5.76. The minimum Gasteiger partial charge on any atom is -0.464 e. The third-order valence-corrected chi connectivity index (χ3v) is 4.84. The van der Waals surface area contributed by atoms with Crippen LogP contribution in [0.4, 0.5) is 4.39 Å². The third-order valence-electron chi connectivity index (χ3n) is 4.84. The summed E-state index contributed by atoms with van der Waals surface area (Å²) in [5.74, 6) is 0.555. The van der Waals surface area contributed by atoms with Crippen LogP contribution < -0.4 is 5.32 Å². The fraction of sp³-hybridized carbons (Fsp3) is 0.909. The highest BCUT2D eigenvalue weighted by Gasteiger charge is 2.23. The molecule has 1 aliphatic rings. The van der Waals surface area contributed by atoms with E-state index in [0.717, 1.165) is 12.8 Å². The van der Waals surface area contributed by atoms with Gasteiger partial charge in [0.2, 0.25) is 5.91 Å². The maximum atomic E-state index is 11.6. The van der Waals surface area contributed by atoms with E-state index in [2.05, 4.69) is 12.2 Å². The number of esters is 1. The Kier molecular flexibility index (Phi) is 18.8. The molecule has 5 heteroatoms. The SMILES string of the molecule is CCCCCCCCCCCCCC(=O)OCCNC(=O)CC1CC1.CF. The normalized spacial score (nSPS) is 12.9. The van der Waals surface area contributed by atoms with Gasteiger partial charge in [-0.2, -0.15) is 0 Å². The van der Waals surface area contributed by atoms with Crippen LogP contribution in [0, 0.1) is 5.92 Å². The van der Waals surface area contributed by atoms with Gasteiger partial charge in [0, 0.05) is 12.8 Å². The number of halogens is 1. The molecule has 0 atom stereocenters. The first-order valence-electron chi connectivity index (χ1n) is 11.0. The molecule has 1 aliphatic carbocycles. The lowest BCUT2D eigenvalue weighted by Crippen LogP contribution is -2.28. The summed E-state index contributed by atoms with van der Waals surface area (Å²) in [6.07, 6.45) is 17.6. The smallest absolute Gasteiger partial charge is 0.305 e. The predicted octanol–water partition coefficient (Wildman–Crippen LogP) is 5.73. The summed E-state index contributed by atoms with van der Waals surface area (Å²) in [4.78, 5) is 23.1. The predicted molar refractivity (Wildman–Crippen MR) is 109 cm³/mol. The molecule has 4 nitrogen and oxygen atoms in total. The average Bonchev–Trinajstić information content (AvgIpc) is 3.49. The molecule has 0 unspecified atom stereocenters. The summed E-state index contributed by atoms with van der Waals surface area (Å²) in [6.45, 7) is 2.99. The van der Waals surface area contributed by atoms with Crippen LogP contribution in [-0.2, 0) is 14.3 Å². The molecule has 1 fully saturated rings. The summed E-state index contributed by atoms with van der Waals surface area (Å²) in [6, 6.07) is 0. The zero-order chi connectivity index (χ0) is 20.2. The molecule has 0 aromatic heterocycles. The van der Waals surface area contributed by atoms with Crippen molar-refractivity contribution in [3.05, 3.63) is 0 Å². The van der Waals surface area contributed by atoms with E-state index in [1.807, 2.05) is 0 Å². The van der Waals surface area contributed by atoms with Gasteiger partial charge < -0.3 is 10.1 Å². The van der Waals surface area contributed by atoms with Gasteiger partial charge in [-0.1, -0.05) is 71.1 Å². The number of alkyl halides is 1. The van der Waals surface area contributed by atoms with Crippen LogP contribution in [0.3, 0.4) is 0 Å². The van der Waals surface area contributed by atoms with Gasteiger partial charge in [0.15, 0.2) is 0 Å². The molecule has 0 aromatic rings. The first kappa shape index (κ1) is 25.9. The van der Waals surface area contributed by atoms with Gasteiger partial charge in [-0.15, -0.1) is 0 Å². The van der Waals surface area contributed by atoms with E-state index in [1.165, 1.54) is 70.6 Å². The molecule has 0 spiro atoms. The topological polar surface area (TPSA) is 55.4 Å². The summed E-state index contributed by atoms with van der Waals surface area (Å²) < 4.78 is 14.7. The van der Waals surface area contributed by atoms with Gasteiger partial charge in [0.25, 0.3) is 0 Å². The zero-order valence-corrected chi connectivity index (χ0v) is 17.7. The Hall–Kier alpha value is -1.13. The molecule has 0 saturated heterocycles. The highest BCUT2D eigenvalue weighted by Crippen LogP contribution is 2.31. The maximum absolute atomic E-state index is 11.6.